The second kappa shape index (κ2) is 11.2. The van der Waals surface area contributed by atoms with E-state index in [0.717, 1.165) is 43.8 Å². The van der Waals surface area contributed by atoms with Crippen LogP contribution < -0.4 is 16.1 Å². The van der Waals surface area contributed by atoms with Crippen molar-refractivity contribution in [1.29, 1.82) is 0 Å². The quantitative estimate of drug-likeness (QED) is 0.322. The lowest BCUT2D eigenvalue weighted by Gasteiger charge is -2.35. The molecule has 2 fully saturated rings. The number of aliphatic hydroxyl groups is 3. The van der Waals surface area contributed by atoms with Crippen molar-refractivity contribution in [1.82, 2.24) is 33.4 Å². The standard InChI is InChI=1S/C22H38N8O5/c1-24-18-19(23-21(24)29-9-7-27(8-10-29)12-14-32)25(2)22(35)30(20(18)34)16-17(33)15-28-5-3-26(4-6-28)11-13-31/h17,31-33H,3-16H2,1-2H3/t17-/m1/s1. The summed E-state index contributed by atoms with van der Waals surface area (Å²) in [5.41, 5.74) is -0.271. The van der Waals surface area contributed by atoms with Crippen molar-refractivity contribution in [2.75, 3.05) is 90.1 Å². The summed E-state index contributed by atoms with van der Waals surface area (Å²) >= 11 is 0. The van der Waals surface area contributed by atoms with Crippen molar-refractivity contribution in [3.63, 3.8) is 0 Å². The first-order valence-corrected chi connectivity index (χ1v) is 12.3. The van der Waals surface area contributed by atoms with Crippen molar-refractivity contribution in [3.05, 3.63) is 20.8 Å². The van der Waals surface area contributed by atoms with Crippen LogP contribution in [0, 0.1) is 0 Å². The minimum absolute atomic E-state index is 0.0847. The van der Waals surface area contributed by atoms with E-state index in [1.165, 1.54) is 4.57 Å². The van der Waals surface area contributed by atoms with E-state index >= 15 is 0 Å². The molecule has 4 rings (SSSR count). The maximum atomic E-state index is 13.4. The van der Waals surface area contributed by atoms with E-state index in [-0.39, 0.29) is 19.8 Å². The molecule has 0 aliphatic carbocycles. The molecule has 35 heavy (non-hydrogen) atoms. The van der Waals surface area contributed by atoms with Gasteiger partial charge in [0.05, 0.1) is 25.9 Å². The predicted octanol–water partition coefficient (Wildman–Crippen LogP) is -3.48. The third-order valence-electron chi connectivity index (χ3n) is 7.15. The van der Waals surface area contributed by atoms with Gasteiger partial charge in [-0.1, -0.05) is 0 Å². The largest absolute Gasteiger partial charge is 0.395 e. The van der Waals surface area contributed by atoms with Gasteiger partial charge in [0.2, 0.25) is 5.95 Å². The minimum Gasteiger partial charge on any atom is -0.395 e. The van der Waals surface area contributed by atoms with E-state index < -0.39 is 17.4 Å². The number of aliphatic hydroxyl groups excluding tert-OH is 3. The number of fused-ring (bicyclic) bond motifs is 1. The fourth-order valence-electron chi connectivity index (χ4n) is 5.09. The lowest BCUT2D eigenvalue weighted by molar-refractivity contribution is 0.0580. The van der Waals surface area contributed by atoms with Gasteiger partial charge in [0.1, 0.15) is 0 Å². The predicted molar refractivity (Wildman–Crippen MR) is 132 cm³/mol. The Hall–Kier alpha value is -2.29. The monoisotopic (exact) mass is 494 g/mol. The number of rotatable bonds is 9. The van der Waals surface area contributed by atoms with Crippen molar-refractivity contribution in [3.8, 4) is 0 Å². The van der Waals surface area contributed by atoms with Gasteiger partial charge in [-0.2, -0.15) is 4.98 Å². The Morgan fingerprint density at radius 2 is 1.34 bits per heavy atom. The molecule has 0 saturated carbocycles. The zero-order chi connectivity index (χ0) is 25.1. The molecular weight excluding hydrogens is 456 g/mol. The highest BCUT2D eigenvalue weighted by Crippen LogP contribution is 2.19. The maximum absolute atomic E-state index is 13.4. The van der Waals surface area contributed by atoms with E-state index in [2.05, 4.69) is 24.6 Å². The van der Waals surface area contributed by atoms with Gasteiger partial charge in [-0.25, -0.2) is 4.79 Å². The minimum atomic E-state index is -0.866. The molecule has 0 aromatic carbocycles. The Morgan fingerprint density at radius 3 is 1.91 bits per heavy atom. The fourth-order valence-corrected chi connectivity index (χ4v) is 5.09. The molecule has 13 heteroatoms. The number of anilines is 1. The van der Waals surface area contributed by atoms with Gasteiger partial charge < -0.3 is 24.8 Å². The Labute approximate surface area is 204 Å². The molecule has 2 aliphatic heterocycles. The highest BCUT2D eigenvalue weighted by Gasteiger charge is 2.26. The number of imidazole rings is 1. The van der Waals surface area contributed by atoms with E-state index in [1.807, 2.05) is 0 Å². The third kappa shape index (κ3) is 5.44. The van der Waals surface area contributed by atoms with E-state index in [4.69, 9.17) is 10.2 Å². The summed E-state index contributed by atoms with van der Waals surface area (Å²) in [6.07, 6.45) is -0.866. The van der Waals surface area contributed by atoms with E-state index in [9.17, 15) is 14.7 Å². The van der Waals surface area contributed by atoms with Gasteiger partial charge in [-0.3, -0.25) is 28.6 Å². The van der Waals surface area contributed by atoms with Crippen molar-refractivity contribution < 1.29 is 15.3 Å². The summed E-state index contributed by atoms with van der Waals surface area (Å²) in [6, 6.07) is 0. The molecule has 1 atom stereocenters. The normalized spacial score (nSPS) is 19.6. The molecular formula is C22H38N8O5. The van der Waals surface area contributed by atoms with Crippen LogP contribution in [0.5, 0.6) is 0 Å². The average Bonchev–Trinajstić information content (AvgIpc) is 3.20. The molecule has 2 aromatic heterocycles. The Balaban J connectivity index is 1.51. The molecule has 196 valence electrons. The number of nitrogens with zero attached hydrogens (tertiary/aromatic N) is 8. The van der Waals surface area contributed by atoms with Crippen molar-refractivity contribution in [2.24, 2.45) is 14.1 Å². The molecule has 0 amide bonds. The first-order valence-electron chi connectivity index (χ1n) is 12.3. The number of aryl methyl sites for hydroxylation is 2. The lowest BCUT2D eigenvalue weighted by Crippen LogP contribution is -2.50. The van der Waals surface area contributed by atoms with E-state index in [1.54, 1.807) is 18.7 Å². The smallest absolute Gasteiger partial charge is 0.332 e. The molecule has 0 radical (unpaired) electrons. The Bertz CT molecular complexity index is 1110. The molecule has 0 spiro atoms. The first-order chi connectivity index (χ1) is 16.8. The summed E-state index contributed by atoms with van der Waals surface area (Å²) in [6.45, 7) is 7.97. The van der Waals surface area contributed by atoms with Gasteiger partial charge in [0.15, 0.2) is 11.2 Å². The second-order valence-electron chi connectivity index (χ2n) is 9.47. The lowest BCUT2D eigenvalue weighted by atomic mass is 10.2. The summed E-state index contributed by atoms with van der Waals surface area (Å²) in [4.78, 5) is 39.6. The van der Waals surface area contributed by atoms with Crippen LogP contribution in [0.2, 0.25) is 0 Å². The zero-order valence-electron chi connectivity index (χ0n) is 20.7. The Kier molecular flexibility index (Phi) is 8.24. The zero-order valence-corrected chi connectivity index (χ0v) is 20.7. The molecule has 2 saturated heterocycles. The molecule has 2 aromatic rings. The Morgan fingerprint density at radius 1 is 0.800 bits per heavy atom. The number of aromatic nitrogens is 4. The van der Waals surface area contributed by atoms with Gasteiger partial charge in [0, 0.05) is 86.1 Å². The average molecular weight is 495 g/mol. The number of β-amino-alcohol motifs (C(OH)–C–C–N with tert-alkyl or cyclic N) is 3. The number of hydrogen-bond acceptors (Lipinski definition) is 10. The highest BCUT2D eigenvalue weighted by atomic mass is 16.3. The van der Waals surface area contributed by atoms with Gasteiger partial charge in [0.25, 0.3) is 5.56 Å². The van der Waals surface area contributed by atoms with Gasteiger partial charge in [-0.05, 0) is 0 Å². The summed E-state index contributed by atoms with van der Waals surface area (Å²) in [5, 5.41) is 29.0. The molecule has 0 bridgehead atoms. The summed E-state index contributed by atoms with van der Waals surface area (Å²) in [7, 11) is 3.38. The molecule has 2 aliphatic rings. The van der Waals surface area contributed by atoms with Crippen LogP contribution in [0.1, 0.15) is 0 Å². The van der Waals surface area contributed by atoms with Crippen LogP contribution in [0.3, 0.4) is 0 Å². The van der Waals surface area contributed by atoms with Crippen molar-refractivity contribution >= 4 is 17.1 Å². The summed E-state index contributed by atoms with van der Waals surface area (Å²) in [5.74, 6) is 0.634. The number of hydrogen-bond donors (Lipinski definition) is 3. The van der Waals surface area contributed by atoms with Gasteiger partial charge >= 0.3 is 5.69 Å². The second-order valence-corrected chi connectivity index (χ2v) is 9.47. The fraction of sp³-hybridized carbons (Fsp3) is 0.773. The first kappa shape index (κ1) is 25.8. The molecule has 13 nitrogen and oxygen atoms in total. The summed E-state index contributed by atoms with van der Waals surface area (Å²) < 4.78 is 4.23. The highest BCUT2D eigenvalue weighted by molar-refractivity contribution is 5.74. The maximum Gasteiger partial charge on any atom is 0.332 e. The van der Waals surface area contributed by atoms with Crippen molar-refractivity contribution in [2.45, 2.75) is 12.6 Å². The van der Waals surface area contributed by atoms with Crippen LogP contribution in [0.4, 0.5) is 5.95 Å². The van der Waals surface area contributed by atoms with Crippen LogP contribution >= 0.6 is 0 Å². The van der Waals surface area contributed by atoms with E-state index in [0.29, 0.717) is 49.8 Å². The molecule has 4 heterocycles. The van der Waals surface area contributed by atoms with Gasteiger partial charge in [-0.15, -0.1) is 0 Å². The number of piperazine rings is 2. The van der Waals surface area contributed by atoms with Crippen LogP contribution in [0.15, 0.2) is 9.59 Å². The topological polar surface area (TPSA) is 135 Å². The van der Waals surface area contributed by atoms with Crippen LogP contribution in [-0.4, -0.2) is 140 Å². The molecule has 3 N–H and O–H groups in total. The van der Waals surface area contributed by atoms with Crippen LogP contribution in [0.25, 0.3) is 11.2 Å². The SMILES string of the molecule is Cn1c(N2CCN(CCO)CC2)nc2c1c(=O)n(C[C@H](O)CN1CCN(CCO)CC1)c(=O)n2C. The molecule has 0 unspecified atom stereocenters. The van der Waals surface area contributed by atoms with Crippen LogP contribution in [-0.2, 0) is 20.6 Å². The third-order valence-corrected chi connectivity index (χ3v) is 7.15.